The molecule has 0 aromatic heterocycles. The van der Waals surface area contributed by atoms with Crippen LogP contribution in [-0.4, -0.2) is 30.9 Å². The molecule has 2 N–H and O–H groups in total. The first kappa shape index (κ1) is 11.7. The molecular formula is C10H20N2OS. The molecule has 3 nitrogen and oxygen atoms in total. The number of hydrogen-bond acceptors (Lipinski definition) is 2. The normalized spacial score (nSPS) is 18.2. The highest BCUT2D eigenvalue weighted by atomic mass is 32.1. The average molecular weight is 216 g/mol. The van der Waals surface area contributed by atoms with Gasteiger partial charge in [-0.1, -0.05) is 0 Å². The number of hydrogen-bond donors (Lipinski definition) is 2. The topological polar surface area (TPSA) is 33.3 Å². The number of ether oxygens (including phenoxy) is 1. The summed E-state index contributed by atoms with van der Waals surface area (Å²) >= 11 is 5.15. The van der Waals surface area contributed by atoms with Crippen molar-refractivity contribution in [3.8, 4) is 0 Å². The Labute approximate surface area is 91.6 Å². The van der Waals surface area contributed by atoms with E-state index in [1.165, 1.54) is 0 Å². The van der Waals surface area contributed by atoms with Crippen LogP contribution in [0.5, 0.6) is 0 Å². The van der Waals surface area contributed by atoms with Crippen LogP contribution in [-0.2, 0) is 4.74 Å². The summed E-state index contributed by atoms with van der Waals surface area (Å²) in [5, 5.41) is 7.19. The van der Waals surface area contributed by atoms with Gasteiger partial charge in [0.25, 0.3) is 0 Å². The first-order valence-electron chi connectivity index (χ1n) is 5.30. The quantitative estimate of drug-likeness (QED) is 0.696. The highest BCUT2D eigenvalue weighted by Crippen LogP contribution is 2.12. The van der Waals surface area contributed by atoms with E-state index in [-0.39, 0.29) is 0 Å². The number of rotatable bonds is 3. The Kier molecular flexibility index (Phi) is 5.19. The van der Waals surface area contributed by atoms with Gasteiger partial charge in [-0.25, -0.2) is 0 Å². The van der Waals surface area contributed by atoms with Crippen molar-refractivity contribution in [1.82, 2.24) is 10.6 Å². The van der Waals surface area contributed by atoms with Gasteiger partial charge in [-0.15, -0.1) is 0 Å². The SMILES string of the molecule is CC(C)NC(=S)NCC1CCOCC1. The smallest absolute Gasteiger partial charge is 0.166 e. The van der Waals surface area contributed by atoms with E-state index in [9.17, 15) is 0 Å². The van der Waals surface area contributed by atoms with Crippen molar-refractivity contribution in [3.63, 3.8) is 0 Å². The molecule has 4 heteroatoms. The lowest BCUT2D eigenvalue weighted by molar-refractivity contribution is 0.0676. The molecule has 0 atom stereocenters. The highest BCUT2D eigenvalue weighted by molar-refractivity contribution is 7.80. The van der Waals surface area contributed by atoms with Crippen molar-refractivity contribution >= 4 is 17.3 Å². The Bertz CT molecular complexity index is 179. The molecule has 14 heavy (non-hydrogen) atoms. The predicted molar refractivity (Wildman–Crippen MR) is 62.4 cm³/mol. The molecule has 0 aliphatic carbocycles. The van der Waals surface area contributed by atoms with E-state index in [1.807, 2.05) is 0 Å². The van der Waals surface area contributed by atoms with Crippen LogP contribution in [0, 0.1) is 5.92 Å². The van der Waals surface area contributed by atoms with E-state index in [0.717, 1.165) is 43.6 Å². The molecule has 0 bridgehead atoms. The van der Waals surface area contributed by atoms with E-state index in [0.29, 0.717) is 6.04 Å². The Morgan fingerprint density at radius 1 is 1.43 bits per heavy atom. The van der Waals surface area contributed by atoms with Gasteiger partial charge in [-0.3, -0.25) is 0 Å². The van der Waals surface area contributed by atoms with Crippen molar-refractivity contribution in [2.75, 3.05) is 19.8 Å². The molecule has 1 heterocycles. The van der Waals surface area contributed by atoms with Crippen molar-refractivity contribution in [3.05, 3.63) is 0 Å². The van der Waals surface area contributed by atoms with Crippen LogP contribution in [0.1, 0.15) is 26.7 Å². The molecule has 1 rings (SSSR count). The van der Waals surface area contributed by atoms with Gasteiger partial charge < -0.3 is 15.4 Å². The summed E-state index contributed by atoms with van der Waals surface area (Å²) in [7, 11) is 0. The van der Waals surface area contributed by atoms with Crippen molar-refractivity contribution in [2.24, 2.45) is 5.92 Å². The second-order valence-electron chi connectivity index (χ2n) is 4.06. The minimum atomic E-state index is 0.407. The Morgan fingerprint density at radius 3 is 2.64 bits per heavy atom. The minimum Gasteiger partial charge on any atom is -0.381 e. The second-order valence-corrected chi connectivity index (χ2v) is 4.47. The van der Waals surface area contributed by atoms with Gasteiger partial charge in [0.1, 0.15) is 0 Å². The maximum atomic E-state index is 5.29. The maximum Gasteiger partial charge on any atom is 0.166 e. The largest absolute Gasteiger partial charge is 0.381 e. The zero-order valence-electron chi connectivity index (χ0n) is 9.01. The second kappa shape index (κ2) is 6.19. The van der Waals surface area contributed by atoms with Crippen molar-refractivity contribution in [1.29, 1.82) is 0 Å². The molecule has 1 aliphatic heterocycles. The highest BCUT2D eigenvalue weighted by Gasteiger charge is 2.13. The third kappa shape index (κ3) is 4.77. The van der Waals surface area contributed by atoms with Gasteiger partial charge >= 0.3 is 0 Å². The average Bonchev–Trinajstić information content (AvgIpc) is 2.15. The minimum absolute atomic E-state index is 0.407. The zero-order chi connectivity index (χ0) is 10.4. The molecule has 0 aromatic rings. The van der Waals surface area contributed by atoms with Crippen LogP contribution in [0.4, 0.5) is 0 Å². The maximum absolute atomic E-state index is 5.29. The fourth-order valence-corrected chi connectivity index (χ4v) is 1.82. The van der Waals surface area contributed by atoms with Crippen LogP contribution in [0.3, 0.4) is 0 Å². The standard InChI is InChI=1S/C10H20N2OS/c1-8(2)12-10(14)11-7-9-3-5-13-6-4-9/h8-9H,3-7H2,1-2H3,(H2,11,12,14). The van der Waals surface area contributed by atoms with Crippen LogP contribution in [0.2, 0.25) is 0 Å². The summed E-state index contributed by atoms with van der Waals surface area (Å²) in [5.74, 6) is 0.718. The van der Waals surface area contributed by atoms with Gasteiger partial charge in [0.15, 0.2) is 5.11 Å². The summed E-state index contributed by atoms with van der Waals surface area (Å²) in [6.45, 7) is 6.94. The van der Waals surface area contributed by atoms with Crippen molar-refractivity contribution < 1.29 is 4.74 Å². The van der Waals surface area contributed by atoms with Gasteiger partial charge in [0.2, 0.25) is 0 Å². The summed E-state index contributed by atoms with van der Waals surface area (Å²) in [6, 6.07) is 0.407. The lowest BCUT2D eigenvalue weighted by atomic mass is 10.0. The van der Waals surface area contributed by atoms with Crippen LogP contribution in [0.15, 0.2) is 0 Å². The summed E-state index contributed by atoms with van der Waals surface area (Å²) < 4.78 is 5.29. The van der Waals surface area contributed by atoms with Crippen LogP contribution >= 0.6 is 12.2 Å². The van der Waals surface area contributed by atoms with Gasteiger partial charge in [-0.05, 0) is 44.8 Å². The van der Waals surface area contributed by atoms with Crippen LogP contribution < -0.4 is 10.6 Å². The molecule has 0 amide bonds. The van der Waals surface area contributed by atoms with Crippen LogP contribution in [0.25, 0.3) is 0 Å². The molecule has 0 radical (unpaired) electrons. The van der Waals surface area contributed by atoms with E-state index >= 15 is 0 Å². The fraction of sp³-hybridized carbons (Fsp3) is 0.900. The Morgan fingerprint density at radius 2 is 2.07 bits per heavy atom. The number of thiocarbonyl (C=S) groups is 1. The summed E-state index contributed by atoms with van der Waals surface area (Å²) in [6.07, 6.45) is 2.30. The molecule has 0 aromatic carbocycles. The first-order chi connectivity index (χ1) is 6.68. The lowest BCUT2D eigenvalue weighted by Gasteiger charge is -2.23. The molecule has 1 saturated heterocycles. The molecule has 82 valence electrons. The Hall–Kier alpha value is -0.350. The third-order valence-electron chi connectivity index (χ3n) is 2.31. The number of nitrogens with one attached hydrogen (secondary N) is 2. The molecule has 0 unspecified atom stereocenters. The van der Waals surface area contributed by atoms with E-state index < -0.39 is 0 Å². The molecule has 0 saturated carbocycles. The first-order valence-corrected chi connectivity index (χ1v) is 5.71. The van der Waals surface area contributed by atoms with Crippen molar-refractivity contribution in [2.45, 2.75) is 32.7 Å². The summed E-state index contributed by atoms with van der Waals surface area (Å²) in [4.78, 5) is 0. The molecule has 1 aliphatic rings. The summed E-state index contributed by atoms with van der Waals surface area (Å²) in [5.41, 5.74) is 0. The zero-order valence-corrected chi connectivity index (χ0v) is 9.82. The Balaban J connectivity index is 2.09. The molecule has 1 fully saturated rings. The van der Waals surface area contributed by atoms with Gasteiger partial charge in [0.05, 0.1) is 0 Å². The van der Waals surface area contributed by atoms with Gasteiger partial charge in [0, 0.05) is 25.8 Å². The third-order valence-corrected chi connectivity index (χ3v) is 2.57. The lowest BCUT2D eigenvalue weighted by Crippen LogP contribution is -2.41. The monoisotopic (exact) mass is 216 g/mol. The predicted octanol–water partition coefficient (Wildman–Crippen LogP) is 1.29. The van der Waals surface area contributed by atoms with Gasteiger partial charge in [-0.2, -0.15) is 0 Å². The fourth-order valence-electron chi connectivity index (χ4n) is 1.50. The van der Waals surface area contributed by atoms with E-state index in [2.05, 4.69) is 24.5 Å². The molecule has 0 spiro atoms. The van der Waals surface area contributed by atoms with E-state index in [4.69, 9.17) is 17.0 Å². The molecular weight excluding hydrogens is 196 g/mol. The van der Waals surface area contributed by atoms with E-state index in [1.54, 1.807) is 0 Å².